The monoisotopic (exact) mass is 495 g/mol. The quantitative estimate of drug-likeness (QED) is 0.323. The zero-order valence-corrected chi connectivity index (χ0v) is 19.2. The maximum absolute atomic E-state index is 10.4. The molecular weight excluding hydrogens is 470 g/mol. The zero-order valence-electron chi connectivity index (χ0n) is 17.6. The van der Waals surface area contributed by atoms with Crippen molar-refractivity contribution in [2.75, 3.05) is 11.9 Å². The Balaban J connectivity index is 1.43. The Morgan fingerprint density at radius 3 is 2.50 bits per heavy atom. The maximum Gasteiger partial charge on any atom is 0.140 e. The lowest BCUT2D eigenvalue weighted by Gasteiger charge is -2.43. The van der Waals surface area contributed by atoms with Crippen molar-refractivity contribution in [3.63, 3.8) is 0 Å². The van der Waals surface area contributed by atoms with Crippen molar-refractivity contribution in [2.45, 2.75) is 35.7 Å². The largest absolute Gasteiger partial charge is 0.393 e. The summed E-state index contributed by atoms with van der Waals surface area (Å²) in [5.74, 6) is 1.54. The lowest BCUT2D eigenvalue weighted by Crippen LogP contribution is -2.47. The first kappa shape index (κ1) is 21.2. The molecule has 3 aromatic rings. The van der Waals surface area contributed by atoms with Crippen LogP contribution in [0, 0.1) is 5.92 Å². The number of rotatable bonds is 4. The molecule has 7 nitrogen and oxygen atoms in total. The number of pyridine rings is 1. The second kappa shape index (κ2) is 8.03. The van der Waals surface area contributed by atoms with Crippen LogP contribution in [0.5, 0.6) is 0 Å². The number of hydrogen-bond acceptors (Lipinski definition) is 6. The van der Waals surface area contributed by atoms with Gasteiger partial charge in [-0.3, -0.25) is 4.98 Å². The molecule has 0 saturated heterocycles. The number of anilines is 1. The Kier molecular flexibility index (Phi) is 5.31. The molecule has 0 spiro atoms. The molecule has 1 aromatic carbocycles. The standard InChI is InChI=1S/C24H26BrN5O2/c25-24(18-8-10-23(32,15-31)11-9-18)12-21(26)30-22(29-24)19(14-28-30)17-6-7-20(27-13-17)16-4-2-1-3-5-16/h1-7,12-14,18,29,31-32H,8-11,15,26H2. The molecule has 1 saturated carbocycles. The van der Waals surface area contributed by atoms with Crippen LogP contribution in [-0.2, 0) is 0 Å². The van der Waals surface area contributed by atoms with E-state index in [1.165, 1.54) is 0 Å². The predicted molar refractivity (Wildman–Crippen MR) is 129 cm³/mol. The highest BCUT2D eigenvalue weighted by molar-refractivity contribution is 9.10. The van der Waals surface area contributed by atoms with Crippen LogP contribution < -0.4 is 11.1 Å². The van der Waals surface area contributed by atoms with Crippen LogP contribution in [0.4, 0.5) is 5.82 Å². The first-order valence-electron chi connectivity index (χ1n) is 10.8. The topological polar surface area (TPSA) is 109 Å². The van der Waals surface area contributed by atoms with E-state index in [1.54, 1.807) is 10.9 Å². The Bertz CT molecular complexity index is 1140. The van der Waals surface area contributed by atoms with Gasteiger partial charge in [0.25, 0.3) is 0 Å². The first-order chi connectivity index (χ1) is 15.4. The maximum atomic E-state index is 10.4. The Morgan fingerprint density at radius 2 is 1.84 bits per heavy atom. The lowest BCUT2D eigenvalue weighted by molar-refractivity contribution is -0.0528. The van der Waals surface area contributed by atoms with Gasteiger partial charge in [0, 0.05) is 22.9 Å². The summed E-state index contributed by atoms with van der Waals surface area (Å²) in [5, 5.41) is 28.0. The van der Waals surface area contributed by atoms with Gasteiger partial charge in [-0.2, -0.15) is 5.10 Å². The number of aliphatic hydroxyl groups excluding tert-OH is 1. The van der Waals surface area contributed by atoms with Crippen LogP contribution in [0.1, 0.15) is 25.7 Å². The molecule has 1 aliphatic carbocycles. The second-order valence-corrected chi connectivity index (χ2v) is 10.0. The van der Waals surface area contributed by atoms with Gasteiger partial charge in [0.05, 0.1) is 24.1 Å². The van der Waals surface area contributed by atoms with E-state index >= 15 is 0 Å². The summed E-state index contributed by atoms with van der Waals surface area (Å²) < 4.78 is 1.14. The molecule has 0 amide bonds. The minimum atomic E-state index is -0.983. The van der Waals surface area contributed by atoms with Crippen molar-refractivity contribution in [3.05, 3.63) is 60.9 Å². The number of alkyl halides is 1. The molecule has 32 heavy (non-hydrogen) atoms. The van der Waals surface area contributed by atoms with Gasteiger partial charge in [0.1, 0.15) is 16.1 Å². The van der Waals surface area contributed by atoms with E-state index in [-0.39, 0.29) is 12.5 Å². The molecule has 2 aromatic heterocycles. The third kappa shape index (κ3) is 3.72. The van der Waals surface area contributed by atoms with Crippen LogP contribution in [-0.4, -0.2) is 41.6 Å². The second-order valence-electron chi connectivity index (χ2n) is 8.74. The normalized spacial score (nSPS) is 27.3. The fraction of sp³-hybridized carbons (Fsp3) is 0.333. The molecule has 1 aliphatic heterocycles. The molecular formula is C24H26BrN5O2. The minimum Gasteiger partial charge on any atom is -0.393 e. The summed E-state index contributed by atoms with van der Waals surface area (Å²) >= 11 is 3.89. The molecule has 166 valence electrons. The molecule has 1 unspecified atom stereocenters. The zero-order chi connectivity index (χ0) is 22.3. The van der Waals surface area contributed by atoms with E-state index in [0.29, 0.717) is 18.7 Å². The Labute approximate surface area is 195 Å². The third-order valence-corrected chi connectivity index (χ3v) is 7.71. The summed E-state index contributed by atoms with van der Waals surface area (Å²) in [4.78, 5) is 4.65. The van der Waals surface area contributed by atoms with Gasteiger partial charge in [-0.15, -0.1) is 0 Å². The highest BCUT2D eigenvalue weighted by atomic mass is 79.9. The summed E-state index contributed by atoms with van der Waals surface area (Å²) in [5.41, 5.74) is 9.25. The van der Waals surface area contributed by atoms with E-state index in [0.717, 1.165) is 41.0 Å². The number of aliphatic hydroxyl groups is 2. The molecule has 0 bridgehead atoms. The number of fused-ring (bicyclic) bond motifs is 1. The Hall–Kier alpha value is -2.68. The van der Waals surface area contributed by atoms with Gasteiger partial charge in [-0.25, -0.2) is 4.68 Å². The first-order valence-corrected chi connectivity index (χ1v) is 11.6. The summed E-state index contributed by atoms with van der Waals surface area (Å²) in [6, 6.07) is 14.1. The van der Waals surface area contributed by atoms with Crippen LogP contribution in [0.2, 0.25) is 0 Å². The van der Waals surface area contributed by atoms with Gasteiger partial charge >= 0.3 is 0 Å². The predicted octanol–water partition coefficient (Wildman–Crippen LogP) is 3.80. The number of nitrogens with zero attached hydrogens (tertiary/aromatic N) is 3. The van der Waals surface area contributed by atoms with Crippen molar-refractivity contribution in [2.24, 2.45) is 11.7 Å². The average molecular weight is 496 g/mol. The smallest absolute Gasteiger partial charge is 0.140 e. The highest BCUT2D eigenvalue weighted by Gasteiger charge is 2.44. The van der Waals surface area contributed by atoms with Crippen molar-refractivity contribution >= 4 is 27.6 Å². The van der Waals surface area contributed by atoms with E-state index in [4.69, 9.17) is 5.73 Å². The number of benzene rings is 1. The average Bonchev–Trinajstić information content (AvgIpc) is 3.24. The number of nitrogens with one attached hydrogen (secondary N) is 1. The summed E-state index contributed by atoms with van der Waals surface area (Å²) in [6.45, 7) is -0.205. The molecule has 0 radical (unpaired) electrons. The minimum absolute atomic E-state index is 0.197. The van der Waals surface area contributed by atoms with E-state index in [9.17, 15) is 10.2 Å². The van der Waals surface area contributed by atoms with E-state index < -0.39 is 10.0 Å². The molecule has 3 heterocycles. The van der Waals surface area contributed by atoms with Gasteiger partial charge < -0.3 is 21.3 Å². The molecule has 1 atom stereocenters. The fourth-order valence-electron chi connectivity index (χ4n) is 4.66. The highest BCUT2D eigenvalue weighted by Crippen LogP contribution is 2.46. The lowest BCUT2D eigenvalue weighted by atomic mass is 9.76. The fourth-order valence-corrected chi connectivity index (χ4v) is 5.54. The van der Waals surface area contributed by atoms with Gasteiger partial charge in [-0.05, 0) is 43.7 Å². The number of nitrogens with two attached hydrogens (primary N) is 1. The van der Waals surface area contributed by atoms with Crippen LogP contribution in [0.15, 0.2) is 60.9 Å². The molecule has 2 aliphatic rings. The van der Waals surface area contributed by atoms with Crippen molar-refractivity contribution < 1.29 is 10.2 Å². The van der Waals surface area contributed by atoms with Crippen molar-refractivity contribution in [1.29, 1.82) is 0 Å². The molecule has 5 rings (SSSR count). The Morgan fingerprint density at radius 1 is 1.09 bits per heavy atom. The van der Waals surface area contributed by atoms with E-state index in [2.05, 4.69) is 31.3 Å². The number of halogens is 1. The van der Waals surface area contributed by atoms with Crippen LogP contribution in [0.3, 0.4) is 0 Å². The SMILES string of the molecule is NC1=CC(Br)(C2CCC(O)(CO)CC2)Nc2c(-c3ccc(-c4ccccc4)nc3)cnn21. The van der Waals surface area contributed by atoms with Gasteiger partial charge in [0.2, 0.25) is 0 Å². The number of hydrogen-bond donors (Lipinski definition) is 4. The van der Waals surface area contributed by atoms with Crippen LogP contribution in [0.25, 0.3) is 28.2 Å². The van der Waals surface area contributed by atoms with Crippen LogP contribution >= 0.6 is 15.9 Å². The molecule has 8 heteroatoms. The molecule has 5 N–H and O–H groups in total. The van der Waals surface area contributed by atoms with Gasteiger partial charge in [0.15, 0.2) is 0 Å². The summed E-state index contributed by atoms with van der Waals surface area (Å²) in [7, 11) is 0. The summed E-state index contributed by atoms with van der Waals surface area (Å²) in [6.07, 6.45) is 8.22. The molecule has 1 fully saturated rings. The van der Waals surface area contributed by atoms with E-state index in [1.807, 2.05) is 54.7 Å². The van der Waals surface area contributed by atoms with Crippen molar-refractivity contribution in [1.82, 2.24) is 14.8 Å². The third-order valence-electron chi connectivity index (χ3n) is 6.63. The number of aromatic nitrogens is 3. The van der Waals surface area contributed by atoms with Gasteiger partial charge in [-0.1, -0.05) is 52.3 Å². The van der Waals surface area contributed by atoms with Crippen molar-refractivity contribution in [3.8, 4) is 22.4 Å².